The van der Waals surface area contributed by atoms with Crippen molar-refractivity contribution in [3.63, 3.8) is 0 Å². The van der Waals surface area contributed by atoms with Crippen LogP contribution in [-0.4, -0.2) is 71.9 Å². The van der Waals surface area contributed by atoms with Gasteiger partial charge in [0.25, 0.3) is 0 Å². The molecule has 2 aliphatic heterocycles. The minimum absolute atomic E-state index is 0.139. The third-order valence-electron chi connectivity index (χ3n) is 5.20. The van der Waals surface area contributed by atoms with Crippen LogP contribution < -0.4 is 0 Å². The molecule has 1 aromatic heterocycles. The molecule has 0 radical (unpaired) electrons. The summed E-state index contributed by atoms with van der Waals surface area (Å²) in [5.41, 5.74) is 2.09. The number of para-hydroxylation sites is 2. The molecule has 1 unspecified atom stereocenters. The standard InChI is InChI=1S/C17H24N4O2S/c22-24(23)11-3-4-14(24)12-20-7-9-21(10-8-20)13-17-18-15-5-1-2-6-16(15)19-17/h1-2,5-6,14H,3-4,7-13H2,(H,18,19). The number of aromatic amines is 1. The van der Waals surface area contributed by atoms with E-state index in [1.807, 2.05) is 24.3 Å². The third kappa shape index (κ3) is 3.34. The Morgan fingerprint density at radius 1 is 1.12 bits per heavy atom. The summed E-state index contributed by atoms with van der Waals surface area (Å²) in [4.78, 5) is 12.7. The van der Waals surface area contributed by atoms with Gasteiger partial charge in [0, 0.05) is 32.7 Å². The predicted octanol–water partition coefficient (Wildman–Crippen LogP) is 1.26. The summed E-state index contributed by atoms with van der Waals surface area (Å²) in [7, 11) is -2.83. The van der Waals surface area contributed by atoms with Gasteiger partial charge in [-0.25, -0.2) is 13.4 Å². The van der Waals surface area contributed by atoms with Gasteiger partial charge in [0.2, 0.25) is 0 Å². The Balaban J connectivity index is 1.31. The number of imidazole rings is 1. The zero-order valence-electron chi connectivity index (χ0n) is 13.8. The van der Waals surface area contributed by atoms with E-state index >= 15 is 0 Å². The summed E-state index contributed by atoms with van der Waals surface area (Å²) in [6.45, 7) is 5.33. The maximum Gasteiger partial charge on any atom is 0.154 e. The van der Waals surface area contributed by atoms with Crippen LogP contribution >= 0.6 is 0 Å². The normalized spacial score (nSPS) is 25.4. The number of rotatable bonds is 4. The van der Waals surface area contributed by atoms with Gasteiger partial charge < -0.3 is 4.98 Å². The van der Waals surface area contributed by atoms with E-state index < -0.39 is 9.84 Å². The number of nitrogens with one attached hydrogen (secondary N) is 1. The molecular weight excluding hydrogens is 324 g/mol. The average molecular weight is 348 g/mol. The van der Waals surface area contributed by atoms with Crippen LogP contribution in [0.4, 0.5) is 0 Å². The predicted molar refractivity (Wildman–Crippen MR) is 94.6 cm³/mol. The lowest BCUT2D eigenvalue weighted by molar-refractivity contribution is 0.125. The number of benzene rings is 1. The maximum absolute atomic E-state index is 12.0. The summed E-state index contributed by atoms with van der Waals surface area (Å²) in [6.07, 6.45) is 1.67. The van der Waals surface area contributed by atoms with Crippen molar-refractivity contribution in [2.24, 2.45) is 0 Å². The molecule has 3 heterocycles. The smallest absolute Gasteiger partial charge is 0.154 e. The Labute approximate surface area is 142 Å². The molecule has 0 spiro atoms. The number of nitrogens with zero attached hydrogens (tertiary/aromatic N) is 3. The molecule has 2 aliphatic rings. The molecule has 0 amide bonds. The highest BCUT2D eigenvalue weighted by Crippen LogP contribution is 2.21. The Morgan fingerprint density at radius 3 is 2.58 bits per heavy atom. The van der Waals surface area contributed by atoms with Crippen LogP contribution in [0.1, 0.15) is 18.7 Å². The topological polar surface area (TPSA) is 69.3 Å². The third-order valence-corrected chi connectivity index (χ3v) is 7.46. The lowest BCUT2D eigenvalue weighted by atomic mass is 10.2. The fraction of sp³-hybridized carbons (Fsp3) is 0.588. The van der Waals surface area contributed by atoms with E-state index in [2.05, 4.69) is 19.8 Å². The lowest BCUT2D eigenvalue weighted by Crippen LogP contribution is -2.48. The van der Waals surface area contributed by atoms with E-state index in [-0.39, 0.29) is 5.25 Å². The molecule has 2 aromatic rings. The first-order chi connectivity index (χ1) is 11.6. The highest BCUT2D eigenvalue weighted by atomic mass is 32.2. The van der Waals surface area contributed by atoms with Crippen molar-refractivity contribution in [1.29, 1.82) is 0 Å². The second kappa shape index (κ2) is 6.46. The zero-order valence-corrected chi connectivity index (χ0v) is 14.6. The molecule has 7 heteroatoms. The van der Waals surface area contributed by atoms with Crippen LogP contribution in [0, 0.1) is 0 Å². The van der Waals surface area contributed by atoms with Gasteiger partial charge >= 0.3 is 0 Å². The summed E-state index contributed by atoms with van der Waals surface area (Å²) >= 11 is 0. The fourth-order valence-corrected chi connectivity index (χ4v) is 5.64. The van der Waals surface area contributed by atoms with Crippen molar-refractivity contribution in [3.8, 4) is 0 Å². The van der Waals surface area contributed by atoms with Crippen LogP contribution in [0.25, 0.3) is 11.0 Å². The van der Waals surface area contributed by atoms with Crippen LogP contribution in [0.15, 0.2) is 24.3 Å². The first-order valence-electron chi connectivity index (χ1n) is 8.70. The van der Waals surface area contributed by atoms with Crippen molar-refractivity contribution in [2.45, 2.75) is 24.6 Å². The van der Waals surface area contributed by atoms with Crippen molar-refractivity contribution in [1.82, 2.24) is 19.8 Å². The maximum atomic E-state index is 12.0. The number of aromatic nitrogens is 2. The molecule has 2 saturated heterocycles. The van der Waals surface area contributed by atoms with Gasteiger partial charge in [0.05, 0.1) is 28.6 Å². The van der Waals surface area contributed by atoms with E-state index in [0.29, 0.717) is 12.3 Å². The molecule has 2 fully saturated rings. The monoisotopic (exact) mass is 348 g/mol. The number of hydrogen-bond acceptors (Lipinski definition) is 5. The van der Waals surface area contributed by atoms with Gasteiger partial charge in [-0.2, -0.15) is 0 Å². The molecule has 4 rings (SSSR count). The molecule has 24 heavy (non-hydrogen) atoms. The minimum atomic E-state index is -2.83. The molecule has 0 aliphatic carbocycles. The van der Waals surface area contributed by atoms with Crippen LogP contribution in [0.5, 0.6) is 0 Å². The van der Waals surface area contributed by atoms with Gasteiger partial charge in [-0.15, -0.1) is 0 Å². The summed E-state index contributed by atoms with van der Waals surface area (Å²) in [5, 5.41) is -0.139. The van der Waals surface area contributed by atoms with Crippen LogP contribution in [-0.2, 0) is 16.4 Å². The first-order valence-corrected chi connectivity index (χ1v) is 10.4. The number of fused-ring (bicyclic) bond motifs is 1. The lowest BCUT2D eigenvalue weighted by Gasteiger charge is -2.35. The Kier molecular flexibility index (Phi) is 4.32. The second-order valence-corrected chi connectivity index (χ2v) is 9.31. The zero-order chi connectivity index (χ0) is 16.6. The van der Waals surface area contributed by atoms with Gasteiger partial charge in [0.1, 0.15) is 5.82 Å². The summed E-state index contributed by atoms with van der Waals surface area (Å²) in [5.74, 6) is 1.38. The fourth-order valence-electron chi connectivity index (χ4n) is 3.77. The van der Waals surface area contributed by atoms with E-state index in [1.165, 1.54) is 0 Å². The van der Waals surface area contributed by atoms with Crippen molar-refractivity contribution in [2.75, 3.05) is 38.5 Å². The van der Waals surface area contributed by atoms with Gasteiger partial charge in [0.15, 0.2) is 9.84 Å². The summed E-state index contributed by atoms with van der Waals surface area (Å²) in [6, 6.07) is 8.09. The largest absolute Gasteiger partial charge is 0.341 e. The molecule has 1 aromatic carbocycles. The van der Waals surface area contributed by atoms with Gasteiger partial charge in [-0.3, -0.25) is 9.80 Å². The first kappa shape index (κ1) is 16.1. The molecule has 1 N–H and O–H groups in total. The summed E-state index contributed by atoms with van der Waals surface area (Å²) < 4.78 is 24.0. The van der Waals surface area contributed by atoms with E-state index in [4.69, 9.17) is 0 Å². The average Bonchev–Trinajstić information content (AvgIpc) is 3.12. The number of hydrogen-bond donors (Lipinski definition) is 1. The highest BCUT2D eigenvalue weighted by Gasteiger charge is 2.33. The molecular formula is C17H24N4O2S. The van der Waals surface area contributed by atoms with Gasteiger partial charge in [-0.05, 0) is 25.0 Å². The molecule has 0 bridgehead atoms. The van der Waals surface area contributed by atoms with Crippen molar-refractivity contribution in [3.05, 3.63) is 30.1 Å². The Hall–Kier alpha value is -1.44. The molecule has 1 atom stereocenters. The Morgan fingerprint density at radius 2 is 1.88 bits per heavy atom. The molecule has 0 saturated carbocycles. The number of H-pyrrole nitrogens is 1. The van der Waals surface area contributed by atoms with E-state index in [0.717, 1.165) is 62.4 Å². The minimum Gasteiger partial charge on any atom is -0.341 e. The van der Waals surface area contributed by atoms with E-state index in [1.54, 1.807) is 0 Å². The van der Waals surface area contributed by atoms with Crippen molar-refractivity contribution < 1.29 is 8.42 Å². The second-order valence-electron chi connectivity index (χ2n) is 6.91. The van der Waals surface area contributed by atoms with E-state index in [9.17, 15) is 8.42 Å². The number of piperazine rings is 1. The molecule has 130 valence electrons. The van der Waals surface area contributed by atoms with Crippen molar-refractivity contribution >= 4 is 20.9 Å². The van der Waals surface area contributed by atoms with Gasteiger partial charge in [-0.1, -0.05) is 12.1 Å². The molecule has 6 nitrogen and oxygen atoms in total. The Bertz CT molecular complexity index is 776. The highest BCUT2D eigenvalue weighted by molar-refractivity contribution is 7.92. The number of sulfone groups is 1. The quantitative estimate of drug-likeness (QED) is 0.901. The van der Waals surface area contributed by atoms with Crippen LogP contribution in [0.3, 0.4) is 0 Å². The van der Waals surface area contributed by atoms with Crippen LogP contribution in [0.2, 0.25) is 0 Å². The SMILES string of the molecule is O=S1(=O)CCCC1CN1CCN(Cc2nc3ccccc3[nH]2)CC1.